The second-order valence-corrected chi connectivity index (χ2v) is 11.1. The third-order valence-corrected chi connectivity index (χ3v) is 7.94. The van der Waals surface area contributed by atoms with Crippen molar-refractivity contribution in [2.45, 2.75) is 0 Å². The largest absolute Gasteiger partial charge is 0.283 e. The molecule has 2 aromatic rings. The summed E-state index contributed by atoms with van der Waals surface area (Å²) < 4.78 is 0.277. The van der Waals surface area contributed by atoms with Gasteiger partial charge in [0.15, 0.2) is 5.17 Å². The van der Waals surface area contributed by atoms with Crippen molar-refractivity contribution in [1.82, 2.24) is 15.2 Å². The molecule has 0 spiro atoms. The summed E-state index contributed by atoms with van der Waals surface area (Å²) in [5, 5.41) is 5.25. The summed E-state index contributed by atoms with van der Waals surface area (Å²) in [6.07, 6.45) is 4.91. The van der Waals surface area contributed by atoms with Crippen LogP contribution >= 0.6 is 58.9 Å². The smallest absolute Gasteiger partial charge is 0.267 e. The zero-order valence-corrected chi connectivity index (χ0v) is 23.0. The number of hydrazone groups is 1. The summed E-state index contributed by atoms with van der Waals surface area (Å²) in [6, 6.07) is 14.3. The fraction of sp³-hybridized carbons (Fsp3) is 0.0800. The van der Waals surface area contributed by atoms with Gasteiger partial charge in [-0.2, -0.15) is 0 Å². The van der Waals surface area contributed by atoms with Crippen LogP contribution in [0.5, 0.6) is 0 Å². The first-order chi connectivity index (χ1) is 17.8. The number of halogens is 2. The molecule has 0 bridgehead atoms. The average Bonchev–Trinajstić information content (AvgIpc) is 3.30. The van der Waals surface area contributed by atoms with E-state index in [1.54, 1.807) is 36.4 Å². The lowest BCUT2D eigenvalue weighted by Crippen LogP contribution is -2.39. The van der Waals surface area contributed by atoms with Crippen LogP contribution in [-0.2, 0) is 14.4 Å². The topological polar surface area (TPSA) is 82.1 Å². The van der Waals surface area contributed by atoms with Gasteiger partial charge in [-0.3, -0.25) is 24.2 Å². The van der Waals surface area contributed by atoms with E-state index in [1.807, 2.05) is 30.3 Å². The first kappa shape index (κ1) is 27.2. The molecule has 7 nitrogen and oxygen atoms in total. The maximum Gasteiger partial charge on any atom is 0.267 e. The number of hydrogen-bond acceptors (Lipinski definition) is 7. The van der Waals surface area contributed by atoms with Crippen molar-refractivity contribution in [3.8, 4) is 0 Å². The van der Waals surface area contributed by atoms with Crippen molar-refractivity contribution < 1.29 is 14.4 Å². The van der Waals surface area contributed by atoms with Gasteiger partial charge in [-0.1, -0.05) is 89.7 Å². The third kappa shape index (κ3) is 6.52. The normalized spacial score (nSPS) is 19.0. The fourth-order valence-electron chi connectivity index (χ4n) is 3.27. The van der Waals surface area contributed by atoms with Crippen molar-refractivity contribution in [1.29, 1.82) is 0 Å². The van der Waals surface area contributed by atoms with Gasteiger partial charge in [-0.15, -0.1) is 11.7 Å². The van der Waals surface area contributed by atoms with Crippen LogP contribution in [0.15, 0.2) is 76.1 Å². The molecule has 0 atom stereocenters. The van der Waals surface area contributed by atoms with Crippen LogP contribution in [0, 0.1) is 0 Å². The minimum atomic E-state index is -0.561. The lowest BCUT2D eigenvalue weighted by molar-refractivity contribution is -0.128. The lowest BCUT2D eigenvalue weighted by Gasteiger charge is -2.14. The molecule has 2 aliphatic heterocycles. The summed E-state index contributed by atoms with van der Waals surface area (Å²) in [6.45, 7) is 3.55. The first-order valence-electron chi connectivity index (χ1n) is 10.7. The number of rotatable bonds is 7. The SMILES string of the molecule is C=CCN1C(=O)C(=Cc2ccc(Cl)cc2Cl)SC1=NNC(=O)CN1C(=O)C(=Cc2ccccc2)SC1=S. The Morgan fingerprint density at radius 3 is 2.43 bits per heavy atom. The molecule has 37 heavy (non-hydrogen) atoms. The van der Waals surface area contributed by atoms with Crippen LogP contribution in [0.2, 0.25) is 10.0 Å². The number of nitrogens with one attached hydrogen (secondary N) is 1. The van der Waals surface area contributed by atoms with Crippen molar-refractivity contribution in [3.63, 3.8) is 0 Å². The molecule has 0 aromatic heterocycles. The lowest BCUT2D eigenvalue weighted by atomic mass is 10.2. The summed E-state index contributed by atoms with van der Waals surface area (Å²) in [7, 11) is 0. The van der Waals surface area contributed by atoms with Gasteiger partial charge >= 0.3 is 0 Å². The minimum absolute atomic E-state index is 0.186. The Balaban J connectivity index is 1.45. The molecule has 4 rings (SSSR count). The fourth-order valence-corrected chi connectivity index (χ4v) is 5.92. The van der Waals surface area contributed by atoms with Gasteiger partial charge in [0.25, 0.3) is 17.7 Å². The Kier molecular flexibility index (Phi) is 8.88. The molecule has 188 valence electrons. The van der Waals surface area contributed by atoms with E-state index in [2.05, 4.69) is 17.1 Å². The van der Waals surface area contributed by atoms with Gasteiger partial charge < -0.3 is 0 Å². The maximum absolute atomic E-state index is 12.9. The second-order valence-electron chi connectivity index (χ2n) is 7.59. The highest BCUT2D eigenvalue weighted by Crippen LogP contribution is 2.34. The molecule has 12 heteroatoms. The summed E-state index contributed by atoms with van der Waals surface area (Å²) >= 11 is 19.7. The van der Waals surface area contributed by atoms with E-state index in [1.165, 1.54) is 9.80 Å². The van der Waals surface area contributed by atoms with Gasteiger partial charge in [0, 0.05) is 16.6 Å². The number of amides is 3. The number of thioether (sulfide) groups is 2. The standard InChI is InChI=1S/C25H18Cl2N4O3S3/c1-2-10-30-22(33)20(12-16-8-9-17(26)13-18(16)27)36-24(30)29-28-21(32)14-31-23(34)19(37-25(31)35)11-15-6-4-3-5-7-15/h2-9,11-13H,1,10,14H2,(H,28,32). The predicted molar refractivity (Wildman–Crippen MR) is 156 cm³/mol. The van der Waals surface area contributed by atoms with Gasteiger partial charge in [0.1, 0.15) is 10.9 Å². The first-order valence-corrected chi connectivity index (χ1v) is 13.5. The van der Waals surface area contributed by atoms with Gasteiger partial charge in [-0.25, -0.2) is 5.43 Å². The molecule has 2 aromatic carbocycles. The molecule has 2 aliphatic rings. The molecule has 0 unspecified atom stereocenters. The van der Waals surface area contributed by atoms with Gasteiger partial charge in [0.2, 0.25) is 0 Å². The van der Waals surface area contributed by atoms with Crippen molar-refractivity contribution in [2.75, 3.05) is 13.1 Å². The van der Waals surface area contributed by atoms with E-state index in [0.29, 0.717) is 25.4 Å². The summed E-state index contributed by atoms with van der Waals surface area (Å²) in [4.78, 5) is 41.7. The molecule has 2 fully saturated rings. The van der Waals surface area contributed by atoms with Gasteiger partial charge in [0.05, 0.1) is 9.81 Å². The number of amidine groups is 1. The number of nitrogens with zero attached hydrogens (tertiary/aromatic N) is 3. The van der Waals surface area contributed by atoms with E-state index in [0.717, 1.165) is 29.1 Å². The van der Waals surface area contributed by atoms with E-state index < -0.39 is 5.91 Å². The number of benzene rings is 2. The Morgan fingerprint density at radius 1 is 1.03 bits per heavy atom. The Morgan fingerprint density at radius 2 is 1.73 bits per heavy atom. The molecular formula is C25H18Cl2N4O3S3. The number of carbonyl (C=O) groups excluding carboxylic acids is 3. The molecular weight excluding hydrogens is 571 g/mol. The van der Waals surface area contributed by atoms with E-state index in [9.17, 15) is 14.4 Å². The third-order valence-electron chi connectivity index (χ3n) is 5.00. The Bertz CT molecular complexity index is 1390. The second kappa shape index (κ2) is 12.1. The molecule has 2 saturated heterocycles. The highest BCUT2D eigenvalue weighted by molar-refractivity contribution is 8.26. The predicted octanol–water partition coefficient (Wildman–Crippen LogP) is 5.38. The van der Waals surface area contributed by atoms with E-state index in [4.69, 9.17) is 35.4 Å². The zero-order valence-electron chi connectivity index (χ0n) is 19.0. The monoisotopic (exact) mass is 588 g/mol. The Hall–Kier alpha value is -2.89. The average molecular weight is 590 g/mol. The maximum atomic E-state index is 12.9. The van der Waals surface area contributed by atoms with Crippen LogP contribution in [0.4, 0.5) is 0 Å². The molecule has 0 aliphatic carbocycles. The molecule has 0 saturated carbocycles. The highest BCUT2D eigenvalue weighted by Gasteiger charge is 2.35. The molecule has 3 amide bonds. The van der Waals surface area contributed by atoms with Crippen LogP contribution in [0.1, 0.15) is 11.1 Å². The minimum Gasteiger partial charge on any atom is -0.283 e. The molecule has 2 heterocycles. The summed E-state index contributed by atoms with van der Waals surface area (Å²) in [5.41, 5.74) is 3.89. The Labute approximate surface area is 237 Å². The number of hydrogen-bond donors (Lipinski definition) is 1. The van der Waals surface area contributed by atoms with Crippen LogP contribution in [0.25, 0.3) is 12.2 Å². The quantitative estimate of drug-likeness (QED) is 0.202. The number of thiocarbonyl (C=S) groups is 1. The zero-order chi connectivity index (χ0) is 26.5. The summed E-state index contributed by atoms with van der Waals surface area (Å²) in [5.74, 6) is -1.23. The van der Waals surface area contributed by atoms with Crippen LogP contribution in [0.3, 0.4) is 0 Å². The molecule has 0 radical (unpaired) electrons. The number of carbonyl (C=O) groups is 3. The van der Waals surface area contributed by atoms with Gasteiger partial charge in [-0.05, 0) is 47.2 Å². The van der Waals surface area contributed by atoms with E-state index in [-0.39, 0.29) is 34.4 Å². The van der Waals surface area contributed by atoms with Crippen molar-refractivity contribution >= 4 is 98.3 Å². The highest BCUT2D eigenvalue weighted by atomic mass is 35.5. The van der Waals surface area contributed by atoms with Crippen molar-refractivity contribution in [2.24, 2.45) is 5.10 Å². The molecule has 1 N–H and O–H groups in total. The van der Waals surface area contributed by atoms with E-state index >= 15 is 0 Å². The van der Waals surface area contributed by atoms with Crippen LogP contribution in [-0.4, -0.2) is 50.1 Å². The van der Waals surface area contributed by atoms with Crippen LogP contribution < -0.4 is 5.43 Å². The van der Waals surface area contributed by atoms with Crippen molar-refractivity contribution in [3.05, 3.63) is 92.2 Å².